The van der Waals surface area contributed by atoms with Crippen molar-refractivity contribution in [2.24, 2.45) is 11.8 Å². The van der Waals surface area contributed by atoms with E-state index >= 15 is 0 Å². The molecule has 0 unspecified atom stereocenters. The molecule has 3 fully saturated rings. The van der Waals surface area contributed by atoms with E-state index in [4.69, 9.17) is 0 Å². The highest BCUT2D eigenvalue weighted by atomic mass is 19.1. The molecule has 1 aromatic carbocycles. The van der Waals surface area contributed by atoms with Crippen molar-refractivity contribution in [3.8, 4) is 0 Å². The Labute approximate surface area is 178 Å². The maximum atomic E-state index is 14.3. The molecule has 30 heavy (non-hydrogen) atoms. The van der Waals surface area contributed by atoms with Gasteiger partial charge >= 0.3 is 0 Å². The lowest BCUT2D eigenvalue weighted by atomic mass is 10.0. The van der Waals surface area contributed by atoms with E-state index in [1.165, 1.54) is 18.9 Å². The van der Waals surface area contributed by atoms with E-state index in [0.29, 0.717) is 31.2 Å². The number of anilines is 1. The standard InChI is InChI=1S/C23H33FN4O2/c1-15-13-27(7-8-28(15)23(30)17-5-3-4-6-17)14-18-9-20(24)10-21(16(18)2)26-22(29)19-11-25-12-19/h9-10,15,17,19,25H,3-8,11-14H2,1-2H3,(H,26,29)/t15-/m0/s1. The first-order chi connectivity index (χ1) is 14.4. The van der Waals surface area contributed by atoms with E-state index in [2.05, 4.69) is 22.5 Å². The van der Waals surface area contributed by atoms with Crippen LogP contribution in [0, 0.1) is 24.6 Å². The summed E-state index contributed by atoms with van der Waals surface area (Å²) >= 11 is 0. The van der Waals surface area contributed by atoms with Gasteiger partial charge in [0.2, 0.25) is 11.8 Å². The average molecular weight is 417 g/mol. The van der Waals surface area contributed by atoms with Crippen molar-refractivity contribution in [3.63, 3.8) is 0 Å². The summed E-state index contributed by atoms with van der Waals surface area (Å²) in [6.07, 6.45) is 4.39. The largest absolute Gasteiger partial charge is 0.337 e. The molecule has 4 rings (SSSR count). The van der Waals surface area contributed by atoms with E-state index < -0.39 is 0 Å². The van der Waals surface area contributed by atoms with Crippen molar-refractivity contribution in [2.75, 3.05) is 38.0 Å². The molecule has 6 nitrogen and oxygen atoms in total. The van der Waals surface area contributed by atoms with Gasteiger partial charge in [0, 0.05) is 56.9 Å². The lowest BCUT2D eigenvalue weighted by Gasteiger charge is -2.41. The van der Waals surface area contributed by atoms with Gasteiger partial charge in [-0.05, 0) is 49.9 Å². The van der Waals surface area contributed by atoms with Crippen LogP contribution in [0.15, 0.2) is 12.1 Å². The molecule has 1 atom stereocenters. The zero-order valence-corrected chi connectivity index (χ0v) is 18.0. The predicted molar refractivity (Wildman–Crippen MR) is 115 cm³/mol. The number of nitrogens with zero attached hydrogens (tertiary/aromatic N) is 2. The number of amides is 2. The number of benzene rings is 1. The molecule has 1 aromatic rings. The lowest BCUT2D eigenvalue weighted by molar-refractivity contribution is -0.140. The third kappa shape index (κ3) is 4.52. The maximum absolute atomic E-state index is 14.3. The summed E-state index contributed by atoms with van der Waals surface area (Å²) in [5.74, 6) is 0.0998. The molecule has 0 radical (unpaired) electrons. The number of hydrogen-bond acceptors (Lipinski definition) is 4. The second kappa shape index (κ2) is 9.02. The quantitative estimate of drug-likeness (QED) is 0.774. The van der Waals surface area contributed by atoms with Gasteiger partial charge in [-0.1, -0.05) is 12.8 Å². The van der Waals surface area contributed by atoms with Crippen LogP contribution in [0.2, 0.25) is 0 Å². The fourth-order valence-corrected chi connectivity index (χ4v) is 4.89. The SMILES string of the molecule is Cc1c(CN2CCN(C(=O)C3CCCC3)[C@@H](C)C2)cc(F)cc1NC(=O)C1CNC1. The van der Waals surface area contributed by atoms with Crippen LogP contribution in [0.1, 0.15) is 43.7 Å². The topological polar surface area (TPSA) is 64.7 Å². The predicted octanol–water partition coefficient (Wildman–Crippen LogP) is 2.51. The number of halogens is 1. The molecular weight excluding hydrogens is 383 g/mol. The van der Waals surface area contributed by atoms with Gasteiger partial charge in [0.25, 0.3) is 0 Å². The number of piperazine rings is 1. The minimum absolute atomic E-state index is 0.0394. The van der Waals surface area contributed by atoms with Gasteiger partial charge < -0.3 is 15.5 Å². The Hall–Kier alpha value is -1.99. The molecule has 2 aliphatic heterocycles. The first-order valence-corrected chi connectivity index (χ1v) is 11.3. The molecule has 1 aliphatic carbocycles. The second-order valence-corrected chi connectivity index (χ2v) is 9.18. The average Bonchev–Trinajstić information content (AvgIpc) is 3.18. The molecule has 3 aliphatic rings. The fraction of sp³-hybridized carbons (Fsp3) is 0.652. The number of carbonyl (C=O) groups is 2. The summed E-state index contributed by atoms with van der Waals surface area (Å²) in [6.45, 7) is 8.31. The number of nitrogens with one attached hydrogen (secondary N) is 2. The molecule has 164 valence electrons. The van der Waals surface area contributed by atoms with E-state index in [-0.39, 0.29) is 29.6 Å². The van der Waals surface area contributed by atoms with Gasteiger partial charge in [-0.25, -0.2) is 4.39 Å². The minimum atomic E-state index is -0.333. The van der Waals surface area contributed by atoms with Crippen LogP contribution < -0.4 is 10.6 Å². The van der Waals surface area contributed by atoms with Crippen LogP contribution in [0.25, 0.3) is 0 Å². The van der Waals surface area contributed by atoms with Crippen molar-refractivity contribution in [1.29, 1.82) is 0 Å². The Morgan fingerprint density at radius 2 is 1.90 bits per heavy atom. The van der Waals surface area contributed by atoms with Crippen LogP contribution in [0.5, 0.6) is 0 Å². The van der Waals surface area contributed by atoms with Crippen molar-refractivity contribution < 1.29 is 14.0 Å². The lowest BCUT2D eigenvalue weighted by Crippen LogP contribution is -2.54. The molecule has 2 saturated heterocycles. The number of hydrogen-bond donors (Lipinski definition) is 2. The van der Waals surface area contributed by atoms with Crippen LogP contribution >= 0.6 is 0 Å². The Morgan fingerprint density at radius 1 is 1.17 bits per heavy atom. The monoisotopic (exact) mass is 416 g/mol. The summed E-state index contributed by atoms with van der Waals surface area (Å²) in [4.78, 5) is 29.4. The second-order valence-electron chi connectivity index (χ2n) is 9.18. The Morgan fingerprint density at radius 3 is 2.53 bits per heavy atom. The molecule has 0 aromatic heterocycles. The molecule has 2 amide bonds. The van der Waals surface area contributed by atoms with E-state index in [1.54, 1.807) is 6.07 Å². The molecular formula is C23H33FN4O2. The molecule has 7 heteroatoms. The zero-order chi connectivity index (χ0) is 21.3. The van der Waals surface area contributed by atoms with Gasteiger partial charge in [-0.2, -0.15) is 0 Å². The van der Waals surface area contributed by atoms with Gasteiger partial charge in [0.1, 0.15) is 5.82 Å². The maximum Gasteiger partial charge on any atom is 0.230 e. The van der Waals surface area contributed by atoms with Gasteiger partial charge in [0.15, 0.2) is 0 Å². The molecule has 0 bridgehead atoms. The minimum Gasteiger partial charge on any atom is -0.337 e. The van der Waals surface area contributed by atoms with Gasteiger partial charge in [-0.15, -0.1) is 0 Å². The third-order valence-corrected chi connectivity index (χ3v) is 6.98. The molecule has 2 N–H and O–H groups in total. The number of rotatable bonds is 5. The third-order valence-electron chi connectivity index (χ3n) is 6.98. The van der Waals surface area contributed by atoms with Crippen LogP contribution in [-0.4, -0.2) is 60.4 Å². The molecule has 1 saturated carbocycles. The first kappa shape index (κ1) is 21.2. The van der Waals surface area contributed by atoms with Crippen LogP contribution in [-0.2, 0) is 16.1 Å². The van der Waals surface area contributed by atoms with Crippen molar-refractivity contribution >= 4 is 17.5 Å². The van der Waals surface area contributed by atoms with Crippen molar-refractivity contribution in [1.82, 2.24) is 15.1 Å². The molecule has 2 heterocycles. The Kier molecular flexibility index (Phi) is 6.39. The first-order valence-electron chi connectivity index (χ1n) is 11.3. The van der Waals surface area contributed by atoms with E-state index in [1.807, 2.05) is 11.8 Å². The van der Waals surface area contributed by atoms with E-state index in [9.17, 15) is 14.0 Å². The Balaban J connectivity index is 1.39. The summed E-state index contributed by atoms with van der Waals surface area (Å²) in [7, 11) is 0. The summed E-state index contributed by atoms with van der Waals surface area (Å²) in [5, 5.41) is 5.99. The smallest absolute Gasteiger partial charge is 0.230 e. The fourth-order valence-electron chi connectivity index (χ4n) is 4.89. The Bertz CT molecular complexity index is 805. The summed E-state index contributed by atoms with van der Waals surface area (Å²) in [6, 6.07) is 3.13. The van der Waals surface area contributed by atoms with Gasteiger partial charge in [-0.3, -0.25) is 14.5 Å². The highest BCUT2D eigenvalue weighted by molar-refractivity contribution is 5.94. The highest BCUT2D eigenvalue weighted by Crippen LogP contribution is 2.29. The number of carbonyl (C=O) groups excluding carboxylic acids is 2. The van der Waals surface area contributed by atoms with E-state index in [0.717, 1.165) is 43.6 Å². The van der Waals surface area contributed by atoms with Crippen LogP contribution in [0.3, 0.4) is 0 Å². The van der Waals surface area contributed by atoms with Crippen LogP contribution in [0.4, 0.5) is 10.1 Å². The van der Waals surface area contributed by atoms with Crippen molar-refractivity contribution in [3.05, 3.63) is 29.1 Å². The zero-order valence-electron chi connectivity index (χ0n) is 18.0. The highest BCUT2D eigenvalue weighted by Gasteiger charge is 2.33. The molecule has 0 spiro atoms. The normalized spacial score (nSPS) is 23.4. The summed E-state index contributed by atoms with van der Waals surface area (Å²) < 4.78 is 14.3. The van der Waals surface area contributed by atoms with Gasteiger partial charge in [0.05, 0.1) is 5.92 Å². The summed E-state index contributed by atoms with van der Waals surface area (Å²) in [5.41, 5.74) is 2.36. The van der Waals surface area contributed by atoms with Crippen molar-refractivity contribution in [2.45, 2.75) is 52.1 Å².